The molecule has 1 aliphatic rings. The van der Waals surface area contributed by atoms with Crippen molar-refractivity contribution < 1.29 is 18.7 Å². The molecular formula is C21H21F2N3O2. The first-order valence-corrected chi connectivity index (χ1v) is 9.39. The molecule has 1 fully saturated rings. The SMILES string of the molecule is O=C(N[C@H]1CCCC[C@@H]1O)c1cn(Cc2ccc(F)cc2F)c2cccnc12. The Labute approximate surface area is 161 Å². The molecule has 146 valence electrons. The summed E-state index contributed by atoms with van der Waals surface area (Å²) < 4.78 is 29.0. The van der Waals surface area contributed by atoms with E-state index in [0.717, 1.165) is 25.3 Å². The number of aromatic nitrogens is 2. The fourth-order valence-corrected chi connectivity index (χ4v) is 3.78. The molecule has 0 aliphatic heterocycles. The summed E-state index contributed by atoms with van der Waals surface area (Å²) in [5.74, 6) is -1.58. The Hall–Kier alpha value is -2.80. The van der Waals surface area contributed by atoms with Crippen molar-refractivity contribution in [3.63, 3.8) is 0 Å². The minimum absolute atomic E-state index is 0.146. The van der Waals surface area contributed by atoms with Crippen LogP contribution in [-0.2, 0) is 6.54 Å². The topological polar surface area (TPSA) is 67.2 Å². The van der Waals surface area contributed by atoms with Crippen LogP contribution in [0.1, 0.15) is 41.6 Å². The summed E-state index contributed by atoms with van der Waals surface area (Å²) in [6.07, 6.45) is 6.01. The molecule has 3 aromatic rings. The maximum Gasteiger partial charge on any atom is 0.255 e. The standard InChI is InChI=1S/C21H21F2N3O2/c22-14-8-7-13(16(23)10-14)11-26-12-15(20-18(26)5-3-9-24-20)21(28)25-17-4-1-2-6-19(17)27/h3,5,7-10,12,17,19,27H,1-2,4,6,11H2,(H,25,28)/t17-,19-/m0/s1. The average Bonchev–Trinajstić information content (AvgIpc) is 3.05. The smallest absolute Gasteiger partial charge is 0.255 e. The Bertz CT molecular complexity index is 1020. The number of aliphatic hydroxyl groups excluding tert-OH is 1. The van der Waals surface area contributed by atoms with Crippen LogP contribution in [0, 0.1) is 11.6 Å². The fourth-order valence-electron chi connectivity index (χ4n) is 3.78. The van der Waals surface area contributed by atoms with Crippen molar-refractivity contribution in [1.29, 1.82) is 0 Å². The van der Waals surface area contributed by atoms with Gasteiger partial charge in [-0.2, -0.15) is 0 Å². The van der Waals surface area contributed by atoms with Crippen LogP contribution in [0.5, 0.6) is 0 Å². The monoisotopic (exact) mass is 385 g/mol. The van der Waals surface area contributed by atoms with Crippen LogP contribution in [0.25, 0.3) is 11.0 Å². The first-order valence-electron chi connectivity index (χ1n) is 9.39. The van der Waals surface area contributed by atoms with Gasteiger partial charge in [0.2, 0.25) is 0 Å². The third-order valence-electron chi connectivity index (χ3n) is 5.28. The molecule has 7 heteroatoms. The highest BCUT2D eigenvalue weighted by molar-refractivity contribution is 6.05. The highest BCUT2D eigenvalue weighted by Crippen LogP contribution is 2.23. The zero-order valence-electron chi connectivity index (χ0n) is 15.2. The van der Waals surface area contributed by atoms with E-state index >= 15 is 0 Å². The summed E-state index contributed by atoms with van der Waals surface area (Å²) in [5, 5.41) is 13.0. The first kappa shape index (κ1) is 18.6. The largest absolute Gasteiger partial charge is 0.391 e. The molecule has 1 aromatic carbocycles. The second kappa shape index (κ2) is 7.67. The summed E-state index contributed by atoms with van der Waals surface area (Å²) in [4.78, 5) is 17.2. The van der Waals surface area contributed by atoms with Gasteiger partial charge in [0.05, 0.1) is 29.8 Å². The highest BCUT2D eigenvalue weighted by atomic mass is 19.1. The van der Waals surface area contributed by atoms with Gasteiger partial charge < -0.3 is 15.0 Å². The molecule has 28 heavy (non-hydrogen) atoms. The van der Waals surface area contributed by atoms with E-state index in [1.54, 1.807) is 29.1 Å². The number of carbonyl (C=O) groups is 1. The van der Waals surface area contributed by atoms with Gasteiger partial charge in [-0.3, -0.25) is 9.78 Å². The Kier molecular flexibility index (Phi) is 5.09. The Morgan fingerprint density at radius 2 is 2.07 bits per heavy atom. The summed E-state index contributed by atoms with van der Waals surface area (Å²) in [5.41, 5.74) is 1.88. The lowest BCUT2D eigenvalue weighted by atomic mass is 9.92. The van der Waals surface area contributed by atoms with E-state index in [4.69, 9.17) is 0 Å². The van der Waals surface area contributed by atoms with Crippen molar-refractivity contribution in [2.45, 2.75) is 44.4 Å². The average molecular weight is 385 g/mol. The summed E-state index contributed by atoms with van der Waals surface area (Å²) in [7, 11) is 0. The zero-order chi connectivity index (χ0) is 19.7. The quantitative estimate of drug-likeness (QED) is 0.723. The van der Waals surface area contributed by atoms with E-state index in [0.29, 0.717) is 28.6 Å². The number of benzene rings is 1. The number of hydrogen-bond donors (Lipinski definition) is 2. The van der Waals surface area contributed by atoms with E-state index in [-0.39, 0.29) is 18.5 Å². The lowest BCUT2D eigenvalue weighted by Gasteiger charge is -2.28. The predicted octanol–water partition coefficient (Wildman–Crippen LogP) is 3.40. The minimum Gasteiger partial charge on any atom is -0.391 e. The zero-order valence-corrected chi connectivity index (χ0v) is 15.2. The van der Waals surface area contributed by atoms with Crippen molar-refractivity contribution in [1.82, 2.24) is 14.9 Å². The van der Waals surface area contributed by atoms with Crippen molar-refractivity contribution in [2.75, 3.05) is 0 Å². The molecule has 1 saturated carbocycles. The molecule has 0 unspecified atom stereocenters. The number of nitrogens with zero attached hydrogens (tertiary/aromatic N) is 2. The van der Waals surface area contributed by atoms with Crippen molar-refractivity contribution >= 4 is 16.9 Å². The van der Waals surface area contributed by atoms with E-state index in [1.165, 1.54) is 12.1 Å². The molecular weight excluding hydrogens is 364 g/mol. The van der Waals surface area contributed by atoms with Gasteiger partial charge in [-0.25, -0.2) is 8.78 Å². The number of hydrogen-bond acceptors (Lipinski definition) is 3. The fraction of sp³-hybridized carbons (Fsp3) is 0.333. The van der Waals surface area contributed by atoms with E-state index in [2.05, 4.69) is 10.3 Å². The molecule has 0 bridgehead atoms. The van der Waals surface area contributed by atoms with Gasteiger partial charge in [-0.15, -0.1) is 0 Å². The second-order valence-corrected chi connectivity index (χ2v) is 7.21. The molecule has 0 radical (unpaired) electrons. The number of amides is 1. The second-order valence-electron chi connectivity index (χ2n) is 7.21. The molecule has 2 aromatic heterocycles. The third kappa shape index (κ3) is 3.62. The van der Waals surface area contributed by atoms with E-state index in [1.807, 2.05) is 0 Å². The molecule has 2 atom stereocenters. The van der Waals surface area contributed by atoms with Crippen LogP contribution in [0.2, 0.25) is 0 Å². The first-order chi connectivity index (χ1) is 13.5. The number of halogens is 2. The van der Waals surface area contributed by atoms with Crippen LogP contribution in [0.4, 0.5) is 8.78 Å². The van der Waals surface area contributed by atoms with Gasteiger partial charge >= 0.3 is 0 Å². The third-order valence-corrected chi connectivity index (χ3v) is 5.28. The molecule has 1 aliphatic carbocycles. The Balaban J connectivity index is 1.65. The maximum atomic E-state index is 14.1. The van der Waals surface area contributed by atoms with Gasteiger partial charge in [0, 0.05) is 24.0 Å². The summed E-state index contributed by atoms with van der Waals surface area (Å²) in [6.45, 7) is 0.146. The summed E-state index contributed by atoms with van der Waals surface area (Å²) >= 11 is 0. The lowest BCUT2D eigenvalue weighted by Crippen LogP contribution is -2.45. The van der Waals surface area contributed by atoms with Crippen LogP contribution in [0.3, 0.4) is 0 Å². The van der Waals surface area contributed by atoms with E-state index in [9.17, 15) is 18.7 Å². The molecule has 2 heterocycles. The van der Waals surface area contributed by atoms with Crippen molar-refractivity contribution in [3.8, 4) is 0 Å². The molecule has 0 spiro atoms. The number of pyridine rings is 1. The Morgan fingerprint density at radius 3 is 2.86 bits per heavy atom. The number of rotatable bonds is 4. The van der Waals surface area contributed by atoms with Gasteiger partial charge in [0.1, 0.15) is 17.2 Å². The van der Waals surface area contributed by atoms with Gasteiger partial charge in [-0.1, -0.05) is 18.9 Å². The molecule has 0 saturated heterocycles. The van der Waals surface area contributed by atoms with Crippen LogP contribution in [-0.4, -0.2) is 32.7 Å². The van der Waals surface area contributed by atoms with Gasteiger partial charge in [-0.05, 0) is 31.0 Å². The van der Waals surface area contributed by atoms with Crippen LogP contribution >= 0.6 is 0 Å². The number of carbonyl (C=O) groups excluding carboxylic acids is 1. The summed E-state index contributed by atoms with van der Waals surface area (Å²) in [6, 6.07) is 6.71. The molecule has 1 amide bonds. The number of nitrogens with one attached hydrogen (secondary N) is 1. The van der Waals surface area contributed by atoms with Crippen LogP contribution in [0.15, 0.2) is 42.7 Å². The minimum atomic E-state index is -0.637. The molecule has 4 rings (SSSR count). The van der Waals surface area contributed by atoms with Crippen molar-refractivity contribution in [2.24, 2.45) is 0 Å². The molecule has 5 nitrogen and oxygen atoms in total. The van der Waals surface area contributed by atoms with Crippen LogP contribution < -0.4 is 5.32 Å². The highest BCUT2D eigenvalue weighted by Gasteiger charge is 2.26. The van der Waals surface area contributed by atoms with Gasteiger partial charge in [0.25, 0.3) is 5.91 Å². The number of aliphatic hydroxyl groups is 1. The normalized spacial score (nSPS) is 19.7. The lowest BCUT2D eigenvalue weighted by molar-refractivity contribution is 0.0718. The number of fused-ring (bicyclic) bond motifs is 1. The van der Waals surface area contributed by atoms with Gasteiger partial charge in [0.15, 0.2) is 0 Å². The predicted molar refractivity (Wildman–Crippen MR) is 101 cm³/mol. The van der Waals surface area contributed by atoms with Crippen molar-refractivity contribution in [3.05, 3.63) is 65.5 Å². The molecule has 2 N–H and O–H groups in total. The maximum absolute atomic E-state index is 14.1. The van der Waals surface area contributed by atoms with E-state index < -0.39 is 17.7 Å². The Morgan fingerprint density at radius 1 is 1.25 bits per heavy atom.